The molecule has 1 unspecified atom stereocenters. The zero-order chi connectivity index (χ0) is 14.0. The lowest BCUT2D eigenvalue weighted by atomic mass is 10.1. The van der Waals surface area contributed by atoms with Crippen LogP contribution in [-0.2, 0) is 0 Å². The van der Waals surface area contributed by atoms with Gasteiger partial charge in [0.1, 0.15) is 11.6 Å². The van der Waals surface area contributed by atoms with Gasteiger partial charge in [0.15, 0.2) is 0 Å². The summed E-state index contributed by atoms with van der Waals surface area (Å²) in [5.74, 6) is -1.19. The molecule has 0 amide bonds. The first-order valence-corrected chi connectivity index (χ1v) is 6.39. The summed E-state index contributed by atoms with van der Waals surface area (Å²) >= 11 is 11.8. The lowest BCUT2D eigenvalue weighted by molar-refractivity contribution is 0.566. The molecule has 1 N–H and O–H groups in total. The van der Waals surface area contributed by atoms with Crippen LogP contribution in [0.3, 0.4) is 0 Å². The Hall–Kier alpha value is -1.32. The van der Waals surface area contributed by atoms with Gasteiger partial charge in [-0.15, -0.1) is 0 Å². The first kappa shape index (κ1) is 14.1. The smallest absolute Gasteiger partial charge is 0.131 e. The number of nitrogens with one attached hydrogen (secondary N) is 1. The monoisotopic (exact) mass is 301 g/mol. The second kappa shape index (κ2) is 5.76. The molecule has 0 aromatic heterocycles. The number of rotatable bonds is 3. The summed E-state index contributed by atoms with van der Waals surface area (Å²) in [6.45, 7) is 1.77. The molecule has 2 rings (SSSR count). The topological polar surface area (TPSA) is 12.0 Å². The van der Waals surface area contributed by atoms with Gasteiger partial charge in [-0.05, 0) is 31.2 Å². The first-order chi connectivity index (χ1) is 8.95. The van der Waals surface area contributed by atoms with Gasteiger partial charge in [0.25, 0.3) is 0 Å². The van der Waals surface area contributed by atoms with Crippen LogP contribution in [0.5, 0.6) is 0 Å². The van der Waals surface area contributed by atoms with E-state index in [0.717, 1.165) is 6.07 Å². The van der Waals surface area contributed by atoms with Crippen LogP contribution in [0.2, 0.25) is 10.0 Å². The normalized spacial score (nSPS) is 12.3. The van der Waals surface area contributed by atoms with Crippen molar-refractivity contribution >= 4 is 28.9 Å². The molecule has 0 heterocycles. The van der Waals surface area contributed by atoms with Crippen LogP contribution in [-0.4, -0.2) is 0 Å². The Morgan fingerprint density at radius 1 is 1.00 bits per heavy atom. The van der Waals surface area contributed by atoms with Gasteiger partial charge in [0.05, 0.1) is 6.04 Å². The van der Waals surface area contributed by atoms with E-state index in [2.05, 4.69) is 5.32 Å². The molecule has 2 aromatic rings. The second-order valence-electron chi connectivity index (χ2n) is 4.19. The molecule has 0 saturated heterocycles. The first-order valence-electron chi connectivity index (χ1n) is 5.63. The van der Waals surface area contributed by atoms with E-state index in [0.29, 0.717) is 21.3 Å². The molecule has 0 aliphatic rings. The second-order valence-corrected chi connectivity index (χ2v) is 5.06. The molecule has 2 aromatic carbocycles. The summed E-state index contributed by atoms with van der Waals surface area (Å²) in [4.78, 5) is 0. The third-order valence-electron chi connectivity index (χ3n) is 2.67. The van der Waals surface area contributed by atoms with Crippen LogP contribution in [0, 0.1) is 11.6 Å². The fraction of sp³-hybridized carbons (Fsp3) is 0.143. The van der Waals surface area contributed by atoms with E-state index in [9.17, 15) is 8.78 Å². The van der Waals surface area contributed by atoms with Crippen molar-refractivity contribution in [2.24, 2.45) is 0 Å². The molecule has 5 heteroatoms. The minimum atomic E-state index is -0.598. The lowest BCUT2D eigenvalue weighted by Gasteiger charge is -2.17. The maximum Gasteiger partial charge on any atom is 0.131 e. The summed E-state index contributed by atoms with van der Waals surface area (Å²) in [5.41, 5.74) is 1.05. The van der Waals surface area contributed by atoms with E-state index in [1.165, 1.54) is 12.1 Å². The zero-order valence-corrected chi connectivity index (χ0v) is 11.6. The number of hydrogen-bond donors (Lipinski definition) is 1. The van der Waals surface area contributed by atoms with Gasteiger partial charge in [-0.1, -0.05) is 29.3 Å². The molecule has 1 atom stereocenters. The van der Waals surface area contributed by atoms with Gasteiger partial charge in [-0.25, -0.2) is 8.78 Å². The van der Waals surface area contributed by atoms with Crippen LogP contribution in [0.1, 0.15) is 18.5 Å². The van der Waals surface area contributed by atoms with Crippen molar-refractivity contribution in [3.05, 3.63) is 63.6 Å². The van der Waals surface area contributed by atoms with Gasteiger partial charge in [0.2, 0.25) is 0 Å². The summed E-state index contributed by atoms with van der Waals surface area (Å²) in [7, 11) is 0. The molecule has 0 saturated carbocycles. The summed E-state index contributed by atoms with van der Waals surface area (Å²) in [6, 6.07) is 8.14. The van der Waals surface area contributed by atoms with Crippen molar-refractivity contribution in [3.63, 3.8) is 0 Å². The third kappa shape index (κ3) is 3.58. The van der Waals surface area contributed by atoms with Gasteiger partial charge in [0, 0.05) is 27.4 Å². The van der Waals surface area contributed by atoms with Crippen molar-refractivity contribution in [1.82, 2.24) is 0 Å². The third-order valence-corrected chi connectivity index (χ3v) is 3.11. The minimum absolute atomic E-state index is 0.338. The predicted molar refractivity (Wildman–Crippen MR) is 74.9 cm³/mol. The van der Waals surface area contributed by atoms with Crippen LogP contribution in [0.15, 0.2) is 36.4 Å². The SMILES string of the molecule is CC(Nc1cc(Cl)cc(Cl)c1)c1ccc(F)cc1F. The van der Waals surface area contributed by atoms with E-state index in [1.54, 1.807) is 25.1 Å². The van der Waals surface area contributed by atoms with Gasteiger partial charge in [-0.2, -0.15) is 0 Å². The Balaban J connectivity index is 2.22. The van der Waals surface area contributed by atoms with E-state index in [1.807, 2.05) is 0 Å². The summed E-state index contributed by atoms with van der Waals surface area (Å²) in [5, 5.41) is 4.04. The quantitative estimate of drug-likeness (QED) is 0.795. The Labute approximate surface area is 120 Å². The van der Waals surface area contributed by atoms with E-state index in [4.69, 9.17) is 23.2 Å². The Bertz CT molecular complexity index is 582. The zero-order valence-electron chi connectivity index (χ0n) is 10.1. The highest BCUT2D eigenvalue weighted by atomic mass is 35.5. The number of hydrogen-bond acceptors (Lipinski definition) is 1. The molecular formula is C14H11Cl2F2N. The maximum absolute atomic E-state index is 13.6. The molecule has 19 heavy (non-hydrogen) atoms. The largest absolute Gasteiger partial charge is 0.378 e. The van der Waals surface area contributed by atoms with Crippen molar-refractivity contribution < 1.29 is 8.78 Å². The average molecular weight is 302 g/mol. The molecule has 0 fully saturated rings. The fourth-order valence-corrected chi connectivity index (χ4v) is 2.34. The number of anilines is 1. The average Bonchev–Trinajstić information content (AvgIpc) is 2.26. The Kier molecular flexibility index (Phi) is 4.27. The Morgan fingerprint density at radius 3 is 2.21 bits per heavy atom. The standard InChI is InChI=1S/C14H11Cl2F2N/c1-8(13-3-2-11(17)7-14(13)18)19-12-5-9(15)4-10(16)6-12/h2-8,19H,1H3. The molecule has 0 aliphatic carbocycles. The Morgan fingerprint density at radius 2 is 1.63 bits per heavy atom. The molecular weight excluding hydrogens is 291 g/mol. The van der Waals surface area contributed by atoms with Crippen molar-refractivity contribution in [3.8, 4) is 0 Å². The molecule has 0 spiro atoms. The van der Waals surface area contributed by atoms with E-state index in [-0.39, 0.29) is 6.04 Å². The van der Waals surface area contributed by atoms with Gasteiger partial charge < -0.3 is 5.32 Å². The highest BCUT2D eigenvalue weighted by Crippen LogP contribution is 2.27. The molecule has 1 nitrogen and oxygen atoms in total. The van der Waals surface area contributed by atoms with Crippen LogP contribution < -0.4 is 5.32 Å². The minimum Gasteiger partial charge on any atom is -0.378 e. The van der Waals surface area contributed by atoms with Crippen LogP contribution in [0.25, 0.3) is 0 Å². The van der Waals surface area contributed by atoms with E-state index >= 15 is 0 Å². The summed E-state index contributed by atoms with van der Waals surface area (Å²) in [6.07, 6.45) is 0. The number of benzene rings is 2. The van der Waals surface area contributed by atoms with Crippen molar-refractivity contribution in [2.75, 3.05) is 5.32 Å². The molecule has 0 radical (unpaired) electrons. The van der Waals surface area contributed by atoms with Crippen LogP contribution >= 0.6 is 23.2 Å². The van der Waals surface area contributed by atoms with Crippen molar-refractivity contribution in [2.45, 2.75) is 13.0 Å². The van der Waals surface area contributed by atoms with Gasteiger partial charge in [-0.3, -0.25) is 0 Å². The van der Waals surface area contributed by atoms with Crippen molar-refractivity contribution in [1.29, 1.82) is 0 Å². The predicted octanol–water partition coefficient (Wildman–Crippen LogP) is 5.44. The number of halogens is 4. The summed E-state index contributed by atoms with van der Waals surface area (Å²) < 4.78 is 26.5. The fourth-order valence-electron chi connectivity index (χ4n) is 1.82. The maximum atomic E-state index is 13.6. The molecule has 0 bridgehead atoms. The highest BCUT2D eigenvalue weighted by Gasteiger charge is 2.12. The van der Waals surface area contributed by atoms with Gasteiger partial charge >= 0.3 is 0 Å². The highest BCUT2D eigenvalue weighted by molar-refractivity contribution is 6.35. The van der Waals surface area contributed by atoms with E-state index < -0.39 is 11.6 Å². The lowest BCUT2D eigenvalue weighted by Crippen LogP contribution is -2.08. The molecule has 0 aliphatic heterocycles. The van der Waals surface area contributed by atoms with Crippen LogP contribution in [0.4, 0.5) is 14.5 Å². The molecule has 100 valence electrons.